The van der Waals surface area contributed by atoms with Gasteiger partial charge in [-0.3, -0.25) is 14.4 Å². The van der Waals surface area contributed by atoms with Crippen LogP contribution in [-0.2, 0) is 19.6 Å². The van der Waals surface area contributed by atoms with E-state index in [2.05, 4.69) is 0 Å². The molecule has 0 saturated carbocycles. The Hall–Kier alpha value is -3.40. The van der Waals surface area contributed by atoms with Crippen molar-refractivity contribution in [1.82, 2.24) is 4.31 Å². The highest BCUT2D eigenvalue weighted by molar-refractivity contribution is 7.89. The van der Waals surface area contributed by atoms with Crippen molar-refractivity contribution in [3.63, 3.8) is 0 Å². The van der Waals surface area contributed by atoms with Crippen LogP contribution >= 0.6 is 0 Å². The van der Waals surface area contributed by atoms with Gasteiger partial charge in [0.2, 0.25) is 0 Å². The molecule has 1 heterocycles. The summed E-state index contributed by atoms with van der Waals surface area (Å²) in [4.78, 5) is 22.9. The smallest absolute Gasteiger partial charge is 0.335 e. The van der Waals surface area contributed by atoms with Crippen molar-refractivity contribution in [2.45, 2.75) is 31.2 Å². The molecule has 31 heavy (non-hydrogen) atoms. The summed E-state index contributed by atoms with van der Waals surface area (Å²) in [6, 6.07) is 10.1. The monoisotopic (exact) mass is 446 g/mol. The highest BCUT2D eigenvalue weighted by atomic mass is 32.2. The van der Waals surface area contributed by atoms with Crippen LogP contribution in [0.5, 0.6) is 5.75 Å². The molecule has 0 radical (unpaired) electrons. The topological polar surface area (TPSA) is 116 Å². The molecule has 0 amide bonds. The van der Waals surface area contributed by atoms with Gasteiger partial charge in [-0.25, -0.2) is 13.2 Å². The number of carbonyl (C=O) groups is 1. The molecule has 1 atom stereocenters. The summed E-state index contributed by atoms with van der Waals surface area (Å²) in [6.07, 6.45) is 1.53. The largest absolute Gasteiger partial charge is 0.497 e. The van der Waals surface area contributed by atoms with Crippen molar-refractivity contribution in [2.24, 2.45) is 5.92 Å². The van der Waals surface area contributed by atoms with Crippen LogP contribution in [0.4, 0.5) is 5.69 Å². The second-order valence-corrected chi connectivity index (χ2v) is 9.22. The number of non-ortho nitro benzene ring substituents is 1. The van der Waals surface area contributed by atoms with Crippen molar-refractivity contribution in [3.05, 3.63) is 70.4 Å². The number of nitro groups is 1. The van der Waals surface area contributed by atoms with Gasteiger partial charge in [0.25, 0.3) is 15.7 Å². The molecule has 0 bridgehead atoms. The minimum Gasteiger partial charge on any atom is -0.497 e. The molecular weight excluding hydrogens is 424 g/mol. The van der Waals surface area contributed by atoms with E-state index in [0.29, 0.717) is 11.3 Å². The molecule has 164 valence electrons. The molecule has 0 aliphatic carbocycles. The molecule has 2 aromatic rings. The number of esters is 1. The van der Waals surface area contributed by atoms with Gasteiger partial charge >= 0.3 is 5.97 Å². The first kappa shape index (κ1) is 22.3. The maximum atomic E-state index is 13.4. The molecular formula is C21H22N2O7S. The zero-order valence-corrected chi connectivity index (χ0v) is 18.0. The van der Waals surface area contributed by atoms with E-state index in [0.717, 1.165) is 28.6 Å². The quantitative estimate of drug-likeness (QED) is 0.363. The van der Waals surface area contributed by atoms with Crippen molar-refractivity contribution >= 4 is 27.4 Å². The summed E-state index contributed by atoms with van der Waals surface area (Å²) in [5.41, 5.74) is 0.270. The van der Waals surface area contributed by atoms with Gasteiger partial charge in [-0.15, -0.1) is 0 Å². The lowest BCUT2D eigenvalue weighted by molar-refractivity contribution is -0.384. The minimum absolute atomic E-state index is 0.0167. The summed E-state index contributed by atoms with van der Waals surface area (Å²) in [5.74, 6) is 0.00762. The number of cyclic esters (lactones) is 1. The number of methoxy groups -OCH3 is 1. The van der Waals surface area contributed by atoms with E-state index in [9.17, 15) is 23.3 Å². The molecule has 2 aromatic carbocycles. The van der Waals surface area contributed by atoms with Crippen LogP contribution in [0, 0.1) is 16.0 Å². The average molecular weight is 446 g/mol. The third-order valence-corrected chi connectivity index (χ3v) is 6.51. The molecule has 10 heteroatoms. The fraction of sp³-hybridized carbons (Fsp3) is 0.286. The number of ether oxygens (including phenoxy) is 2. The first-order valence-corrected chi connectivity index (χ1v) is 10.9. The molecule has 1 aliphatic heterocycles. The number of hydrogen-bond donors (Lipinski definition) is 0. The Kier molecular flexibility index (Phi) is 6.30. The fourth-order valence-electron chi connectivity index (χ4n) is 3.15. The highest BCUT2D eigenvalue weighted by Crippen LogP contribution is 2.32. The lowest BCUT2D eigenvalue weighted by atomic mass is 10.0. The third-order valence-electron chi connectivity index (χ3n) is 4.73. The zero-order chi connectivity index (χ0) is 22.8. The Morgan fingerprint density at radius 2 is 1.74 bits per heavy atom. The number of rotatable bonds is 7. The molecule has 0 spiro atoms. The third kappa shape index (κ3) is 4.69. The fourth-order valence-corrected chi connectivity index (χ4v) is 4.61. The van der Waals surface area contributed by atoms with Gasteiger partial charge in [0.05, 0.1) is 23.1 Å². The number of benzene rings is 2. The zero-order valence-electron chi connectivity index (χ0n) is 17.2. The van der Waals surface area contributed by atoms with Crippen LogP contribution in [0.25, 0.3) is 5.76 Å². The summed E-state index contributed by atoms with van der Waals surface area (Å²) in [7, 11) is -2.66. The van der Waals surface area contributed by atoms with E-state index in [1.807, 2.05) is 13.8 Å². The summed E-state index contributed by atoms with van der Waals surface area (Å²) >= 11 is 0. The number of sulfonamides is 1. The van der Waals surface area contributed by atoms with Gasteiger partial charge in [-0.05, 0) is 48.7 Å². The summed E-state index contributed by atoms with van der Waals surface area (Å²) < 4.78 is 38.3. The molecule has 3 rings (SSSR count). The van der Waals surface area contributed by atoms with Crippen LogP contribution in [0.15, 0.2) is 59.6 Å². The van der Waals surface area contributed by atoms with Gasteiger partial charge in [0.1, 0.15) is 11.8 Å². The molecule has 1 aliphatic rings. The Bertz CT molecular complexity index is 1110. The second kappa shape index (κ2) is 8.76. The maximum absolute atomic E-state index is 13.4. The standard InChI is InChI=1S/C21H22N2O7S/c1-14(2)12-19-21(24)30-20(15-4-8-17(29-3)9-5-15)13-22(19)31(27,28)18-10-6-16(7-11-18)23(25)26/h4-11,13-14,19H,12H2,1-3H3/t19-/m1/s1. The van der Waals surface area contributed by atoms with Gasteiger partial charge in [0, 0.05) is 17.7 Å². The van der Waals surface area contributed by atoms with Crippen LogP contribution in [-0.4, -0.2) is 36.8 Å². The molecule has 0 aromatic heterocycles. The first-order chi connectivity index (χ1) is 14.6. The maximum Gasteiger partial charge on any atom is 0.335 e. The lowest BCUT2D eigenvalue weighted by Crippen LogP contribution is -2.46. The Morgan fingerprint density at radius 3 is 2.26 bits per heavy atom. The van der Waals surface area contributed by atoms with E-state index in [1.165, 1.54) is 13.3 Å². The van der Waals surface area contributed by atoms with Crippen molar-refractivity contribution in [3.8, 4) is 5.75 Å². The molecule has 9 nitrogen and oxygen atoms in total. The van der Waals surface area contributed by atoms with Gasteiger partial charge in [0.15, 0.2) is 5.76 Å². The highest BCUT2D eigenvalue weighted by Gasteiger charge is 2.39. The Labute approximate surface area is 180 Å². The SMILES string of the molecule is COc1ccc(C2=CN(S(=O)(=O)c3ccc([N+](=O)[O-])cc3)[C@H](CC(C)C)C(=O)O2)cc1. The van der Waals surface area contributed by atoms with Gasteiger partial charge in [-0.1, -0.05) is 13.8 Å². The van der Waals surface area contributed by atoms with Gasteiger partial charge < -0.3 is 9.47 Å². The van der Waals surface area contributed by atoms with E-state index in [-0.39, 0.29) is 28.7 Å². The number of nitrogens with zero attached hydrogens (tertiary/aromatic N) is 2. The van der Waals surface area contributed by atoms with E-state index >= 15 is 0 Å². The van der Waals surface area contributed by atoms with Gasteiger partial charge in [-0.2, -0.15) is 0 Å². The minimum atomic E-state index is -4.18. The van der Waals surface area contributed by atoms with E-state index < -0.39 is 27.0 Å². The second-order valence-electron chi connectivity index (χ2n) is 7.37. The van der Waals surface area contributed by atoms with Crippen LogP contribution < -0.4 is 4.74 Å². The lowest BCUT2D eigenvalue weighted by Gasteiger charge is -2.33. The average Bonchev–Trinajstić information content (AvgIpc) is 2.74. The summed E-state index contributed by atoms with van der Waals surface area (Å²) in [5, 5.41) is 10.9. The molecule has 0 saturated heterocycles. The Balaban J connectivity index is 2.07. The van der Waals surface area contributed by atoms with Crippen molar-refractivity contribution < 1.29 is 27.6 Å². The number of nitro benzene ring substituents is 1. The van der Waals surface area contributed by atoms with Crippen LogP contribution in [0.3, 0.4) is 0 Å². The van der Waals surface area contributed by atoms with E-state index in [4.69, 9.17) is 9.47 Å². The predicted molar refractivity (Wildman–Crippen MR) is 112 cm³/mol. The van der Waals surface area contributed by atoms with Crippen LogP contribution in [0.1, 0.15) is 25.8 Å². The molecule has 0 unspecified atom stereocenters. The Morgan fingerprint density at radius 1 is 1.13 bits per heavy atom. The van der Waals surface area contributed by atoms with E-state index in [1.54, 1.807) is 24.3 Å². The number of hydrogen-bond acceptors (Lipinski definition) is 7. The predicted octanol–water partition coefficient (Wildman–Crippen LogP) is 3.56. The number of carbonyl (C=O) groups excluding carboxylic acids is 1. The normalized spacial score (nSPS) is 16.6. The molecule has 0 N–H and O–H groups in total. The van der Waals surface area contributed by atoms with Crippen molar-refractivity contribution in [1.29, 1.82) is 0 Å². The molecule has 0 fully saturated rings. The first-order valence-electron chi connectivity index (χ1n) is 9.49. The summed E-state index contributed by atoms with van der Waals surface area (Å²) in [6.45, 7) is 3.74. The van der Waals surface area contributed by atoms with Crippen LogP contribution in [0.2, 0.25) is 0 Å². The van der Waals surface area contributed by atoms with Crippen molar-refractivity contribution in [2.75, 3.05) is 7.11 Å².